The first-order valence-electron chi connectivity index (χ1n) is 7.63. The van der Waals surface area contributed by atoms with Crippen molar-refractivity contribution in [3.63, 3.8) is 0 Å². The molecule has 3 nitrogen and oxygen atoms in total. The van der Waals surface area contributed by atoms with E-state index in [-0.39, 0.29) is 0 Å². The summed E-state index contributed by atoms with van der Waals surface area (Å²) < 4.78 is 0. The van der Waals surface area contributed by atoms with Crippen LogP contribution in [0.2, 0.25) is 0 Å². The van der Waals surface area contributed by atoms with E-state index in [0.717, 1.165) is 36.4 Å². The normalized spacial score (nSPS) is 42.7. The van der Waals surface area contributed by atoms with E-state index < -0.39 is 0 Å². The maximum atomic E-state index is 6.00. The van der Waals surface area contributed by atoms with Crippen LogP contribution in [0.15, 0.2) is 0 Å². The highest BCUT2D eigenvalue weighted by Gasteiger charge is 2.39. The lowest BCUT2D eigenvalue weighted by Gasteiger charge is -2.40. The van der Waals surface area contributed by atoms with Gasteiger partial charge in [0.2, 0.25) is 0 Å². The van der Waals surface area contributed by atoms with Gasteiger partial charge >= 0.3 is 0 Å². The Balaban J connectivity index is 2.01. The average molecular weight is 253 g/mol. The predicted octanol–water partition coefficient (Wildman–Crippen LogP) is 1.63. The molecule has 0 aromatic carbocycles. The first-order chi connectivity index (χ1) is 8.52. The smallest absolute Gasteiger partial charge is 0.0254 e. The van der Waals surface area contributed by atoms with Gasteiger partial charge < -0.3 is 10.6 Å². The summed E-state index contributed by atoms with van der Waals surface area (Å²) in [5.74, 6) is 2.40. The lowest BCUT2D eigenvalue weighted by atomic mass is 9.78. The summed E-state index contributed by atoms with van der Waals surface area (Å²) in [6.45, 7) is 8.17. The molecular weight excluding hydrogens is 222 g/mol. The molecule has 2 fully saturated rings. The molecule has 0 spiro atoms. The zero-order valence-corrected chi connectivity index (χ0v) is 12.6. The van der Waals surface area contributed by atoms with E-state index in [0.29, 0.717) is 0 Å². The minimum absolute atomic E-state index is 0.723. The molecule has 1 saturated carbocycles. The van der Waals surface area contributed by atoms with E-state index in [9.17, 15) is 0 Å². The molecule has 0 bridgehead atoms. The van der Waals surface area contributed by atoms with Gasteiger partial charge in [-0.3, -0.25) is 4.90 Å². The van der Waals surface area contributed by atoms with Crippen molar-refractivity contribution < 1.29 is 0 Å². The second-order valence-corrected chi connectivity index (χ2v) is 6.94. The number of nitrogens with zero attached hydrogens (tertiary/aromatic N) is 2. The lowest BCUT2D eigenvalue weighted by Crippen LogP contribution is -2.46. The van der Waals surface area contributed by atoms with Crippen LogP contribution in [-0.4, -0.2) is 55.6 Å². The van der Waals surface area contributed by atoms with Gasteiger partial charge in [0.1, 0.15) is 0 Å². The maximum Gasteiger partial charge on any atom is 0.0254 e. The van der Waals surface area contributed by atoms with Crippen molar-refractivity contribution in [2.24, 2.45) is 23.5 Å². The van der Waals surface area contributed by atoms with Gasteiger partial charge in [-0.2, -0.15) is 0 Å². The van der Waals surface area contributed by atoms with Gasteiger partial charge in [0, 0.05) is 25.2 Å². The number of hydrogen-bond donors (Lipinski definition) is 1. The van der Waals surface area contributed by atoms with Crippen molar-refractivity contribution in [1.82, 2.24) is 9.80 Å². The summed E-state index contributed by atoms with van der Waals surface area (Å²) in [5, 5.41) is 0. The van der Waals surface area contributed by atoms with Crippen LogP contribution in [-0.2, 0) is 0 Å². The average Bonchev–Trinajstić information content (AvgIpc) is 2.71. The molecule has 2 N–H and O–H groups in total. The van der Waals surface area contributed by atoms with Crippen molar-refractivity contribution in [3.05, 3.63) is 0 Å². The molecule has 18 heavy (non-hydrogen) atoms. The molecule has 106 valence electrons. The van der Waals surface area contributed by atoms with E-state index in [4.69, 9.17) is 5.73 Å². The molecule has 2 aliphatic rings. The molecule has 0 aromatic heterocycles. The number of rotatable bonds is 3. The molecule has 1 saturated heterocycles. The van der Waals surface area contributed by atoms with E-state index in [1.807, 2.05) is 0 Å². The Bertz CT molecular complexity index is 266. The third-order valence-electron chi connectivity index (χ3n) is 5.25. The van der Waals surface area contributed by atoms with Crippen LogP contribution in [0.3, 0.4) is 0 Å². The largest absolute Gasteiger partial charge is 0.330 e. The highest BCUT2D eigenvalue weighted by Crippen LogP contribution is 2.34. The first-order valence-corrected chi connectivity index (χ1v) is 7.63. The summed E-state index contributed by atoms with van der Waals surface area (Å²) >= 11 is 0. The quantitative estimate of drug-likeness (QED) is 0.830. The first kappa shape index (κ1) is 14.3. The summed E-state index contributed by atoms with van der Waals surface area (Å²) in [4.78, 5) is 5.14. The second-order valence-electron chi connectivity index (χ2n) is 6.94. The van der Waals surface area contributed by atoms with Gasteiger partial charge in [-0.15, -0.1) is 0 Å². The minimum atomic E-state index is 0.723. The number of hydrogen-bond acceptors (Lipinski definition) is 3. The van der Waals surface area contributed by atoms with E-state index >= 15 is 0 Å². The monoisotopic (exact) mass is 253 g/mol. The van der Waals surface area contributed by atoms with Gasteiger partial charge in [-0.25, -0.2) is 0 Å². The summed E-state index contributed by atoms with van der Waals surface area (Å²) in [5.41, 5.74) is 6.00. The number of likely N-dealkylation sites (N-methyl/N-ethyl adjacent to an activating group) is 1. The Morgan fingerprint density at radius 2 is 1.89 bits per heavy atom. The molecule has 2 rings (SSSR count). The minimum Gasteiger partial charge on any atom is -0.330 e. The fraction of sp³-hybridized carbons (Fsp3) is 1.00. The Labute approximate surface area is 113 Å². The highest BCUT2D eigenvalue weighted by atomic mass is 15.3. The van der Waals surface area contributed by atoms with Gasteiger partial charge in [0.25, 0.3) is 0 Å². The van der Waals surface area contributed by atoms with Crippen molar-refractivity contribution in [1.29, 1.82) is 0 Å². The topological polar surface area (TPSA) is 32.5 Å². The maximum absolute atomic E-state index is 6.00. The number of likely N-dealkylation sites (tertiary alicyclic amines) is 1. The molecule has 0 radical (unpaired) electrons. The fourth-order valence-corrected chi connectivity index (χ4v) is 4.07. The van der Waals surface area contributed by atoms with Crippen molar-refractivity contribution in [2.45, 2.75) is 45.2 Å². The zero-order valence-electron chi connectivity index (χ0n) is 12.6. The molecular formula is C15H31N3. The van der Waals surface area contributed by atoms with Crippen LogP contribution in [0.1, 0.15) is 33.1 Å². The summed E-state index contributed by atoms with van der Waals surface area (Å²) in [6, 6.07) is 1.46. The molecule has 0 aromatic rings. The molecule has 5 unspecified atom stereocenters. The second kappa shape index (κ2) is 5.89. The Morgan fingerprint density at radius 3 is 2.44 bits per heavy atom. The number of nitrogens with two attached hydrogens (primary N) is 1. The molecule has 1 aliphatic carbocycles. The molecule has 1 aliphatic heterocycles. The SMILES string of the molecule is CC1CCC(CN)C(N2CC(C)C(N(C)C)C2)C1. The van der Waals surface area contributed by atoms with Crippen LogP contribution in [0.5, 0.6) is 0 Å². The van der Waals surface area contributed by atoms with Crippen molar-refractivity contribution in [2.75, 3.05) is 33.7 Å². The Hall–Kier alpha value is -0.120. The van der Waals surface area contributed by atoms with E-state index in [1.165, 1.54) is 32.4 Å². The third kappa shape index (κ3) is 2.89. The van der Waals surface area contributed by atoms with E-state index in [1.54, 1.807) is 0 Å². The predicted molar refractivity (Wildman–Crippen MR) is 77.6 cm³/mol. The molecule has 3 heteroatoms. The van der Waals surface area contributed by atoms with Crippen molar-refractivity contribution >= 4 is 0 Å². The lowest BCUT2D eigenvalue weighted by molar-refractivity contribution is 0.100. The zero-order chi connectivity index (χ0) is 13.3. The van der Waals surface area contributed by atoms with Crippen molar-refractivity contribution in [3.8, 4) is 0 Å². The Kier molecular flexibility index (Phi) is 4.68. The van der Waals surface area contributed by atoms with Crippen LogP contribution >= 0.6 is 0 Å². The molecule has 5 atom stereocenters. The van der Waals surface area contributed by atoms with Gasteiger partial charge in [0.05, 0.1) is 0 Å². The molecule has 0 amide bonds. The molecule has 1 heterocycles. The van der Waals surface area contributed by atoms with Gasteiger partial charge in [-0.1, -0.05) is 20.3 Å². The van der Waals surface area contributed by atoms with Crippen LogP contribution < -0.4 is 5.73 Å². The fourth-order valence-electron chi connectivity index (χ4n) is 4.07. The van der Waals surface area contributed by atoms with E-state index in [2.05, 4.69) is 37.7 Å². The summed E-state index contributed by atoms with van der Waals surface area (Å²) in [7, 11) is 4.43. The highest BCUT2D eigenvalue weighted by molar-refractivity contribution is 4.94. The van der Waals surface area contributed by atoms with Crippen LogP contribution in [0, 0.1) is 17.8 Å². The van der Waals surface area contributed by atoms with Gasteiger partial charge in [-0.05, 0) is 51.2 Å². The summed E-state index contributed by atoms with van der Waals surface area (Å²) in [6.07, 6.45) is 4.06. The van der Waals surface area contributed by atoms with Crippen LogP contribution in [0.25, 0.3) is 0 Å². The third-order valence-corrected chi connectivity index (χ3v) is 5.25. The van der Waals surface area contributed by atoms with Crippen LogP contribution in [0.4, 0.5) is 0 Å². The standard InChI is InChI=1S/C15H31N3/c1-11-5-6-13(8-16)14(7-11)18-9-12(2)15(10-18)17(3)4/h11-15H,5-10,16H2,1-4H3. The Morgan fingerprint density at radius 1 is 1.17 bits per heavy atom. The van der Waals surface area contributed by atoms with Gasteiger partial charge in [0.15, 0.2) is 0 Å².